The summed E-state index contributed by atoms with van der Waals surface area (Å²) < 4.78 is 27.0. The van der Waals surface area contributed by atoms with E-state index in [1.54, 1.807) is 109 Å². The fourth-order valence-corrected chi connectivity index (χ4v) is 13.8. The van der Waals surface area contributed by atoms with Gasteiger partial charge >= 0.3 is 5.69 Å². The van der Waals surface area contributed by atoms with E-state index in [9.17, 15) is 28.5 Å². The number of hydrogen-bond acceptors (Lipinski definition) is 29. The Bertz CT molecular complexity index is 5210. The molecular formula is C83H134N35O6PS. The first-order valence-electron chi connectivity index (χ1n) is 42.1. The lowest BCUT2D eigenvalue weighted by Gasteiger charge is -2.29. The number of aromatic amines is 1. The van der Waals surface area contributed by atoms with Crippen LogP contribution in [0.15, 0.2) is 116 Å². The van der Waals surface area contributed by atoms with Crippen molar-refractivity contribution in [1.29, 1.82) is 0 Å². The molecule has 41 nitrogen and oxygen atoms in total. The van der Waals surface area contributed by atoms with Crippen molar-refractivity contribution in [2.75, 3.05) is 102 Å². The van der Waals surface area contributed by atoms with Crippen LogP contribution >= 0.6 is 18.5 Å². The maximum atomic E-state index is 12.2. The lowest BCUT2D eigenvalue weighted by molar-refractivity contribution is -0.121. The van der Waals surface area contributed by atoms with Crippen LogP contribution in [0, 0.1) is 5.92 Å². The summed E-state index contributed by atoms with van der Waals surface area (Å²) in [5.74, 6) is 4.77. The third-order valence-corrected chi connectivity index (χ3v) is 21.7. The van der Waals surface area contributed by atoms with Crippen LogP contribution in [-0.4, -0.2) is 247 Å². The van der Waals surface area contributed by atoms with E-state index in [1.165, 1.54) is 6.33 Å². The fourth-order valence-electron chi connectivity index (χ4n) is 12.3. The van der Waals surface area contributed by atoms with E-state index in [2.05, 4.69) is 221 Å². The number of benzene rings is 1. The molecule has 0 bridgehead atoms. The molecule has 0 radical (unpaired) electrons. The average Bonchev–Trinajstić information content (AvgIpc) is 1.66. The number of H-pyrrole nitrogens is 1. The number of carbonyl (C=O) groups excluding carboxylic acids is 4. The van der Waals surface area contributed by atoms with Crippen LogP contribution in [0.2, 0.25) is 0 Å². The SMILES string of the molecule is CC(C)(C)n1cn[nH]c1=O.CC(C)(C)n1cnnc1-c1nccs1.CC(C)(C)n1cnnc1C(=O)Nc1ccccn1.CC(C)(C)n1cnnc1CN1CCNCC1.CC(C)(C)n1cnnc1NC(=O)C1CCNCC1.CC(C)(C)n1cnnc1Nc1ccc(P(C)(C)=O)cc1.CC(C)n1cnnc1C(=O)N1CCNCC1.CNC(=O)Cc1nncn1C(C)(C)C. The summed E-state index contributed by atoms with van der Waals surface area (Å²) in [5.41, 5.74) is 0.0524. The summed E-state index contributed by atoms with van der Waals surface area (Å²) >= 11 is 1.58. The zero-order valence-electron chi connectivity index (χ0n) is 78.3. The van der Waals surface area contributed by atoms with E-state index in [-0.39, 0.29) is 92.3 Å². The molecule has 0 saturated carbocycles. The third kappa shape index (κ3) is 31.4. The Morgan fingerprint density at radius 3 is 1.50 bits per heavy atom. The summed E-state index contributed by atoms with van der Waals surface area (Å²) in [6, 6.07) is 13.1. The molecule has 0 unspecified atom stereocenters. The van der Waals surface area contributed by atoms with E-state index in [0.29, 0.717) is 29.4 Å². The zero-order valence-corrected chi connectivity index (χ0v) is 80.0. The molecule has 0 aliphatic carbocycles. The lowest BCUT2D eigenvalue weighted by atomic mass is 9.97. The number of rotatable bonds is 14. The monoisotopic (exact) mass is 1780 g/mol. The van der Waals surface area contributed by atoms with Gasteiger partial charge < -0.3 is 64.2 Å². The Morgan fingerprint density at radius 1 is 0.508 bits per heavy atom. The first kappa shape index (κ1) is 102. The van der Waals surface area contributed by atoms with Crippen molar-refractivity contribution in [3.8, 4) is 10.8 Å². The Labute approximate surface area is 743 Å². The fraction of sp³-hybridized carbons (Fsp3) is 0.590. The minimum Gasteiger partial charge on any atom is -0.359 e. The maximum absolute atomic E-state index is 12.2. The molecule has 3 aliphatic rings. The highest BCUT2D eigenvalue weighted by atomic mass is 32.1. The van der Waals surface area contributed by atoms with Gasteiger partial charge in [-0.15, -0.1) is 82.7 Å². The van der Waals surface area contributed by atoms with Gasteiger partial charge in [0.1, 0.15) is 75.2 Å². The number of amides is 4. The molecule has 1 aromatic carbocycles. The molecule has 3 fully saturated rings. The molecule has 0 atom stereocenters. The van der Waals surface area contributed by atoms with Crippen molar-refractivity contribution in [3.63, 3.8) is 0 Å². The summed E-state index contributed by atoms with van der Waals surface area (Å²) in [6.07, 6.45) is 18.7. The van der Waals surface area contributed by atoms with Crippen molar-refractivity contribution in [2.24, 2.45) is 5.92 Å². The number of aromatic nitrogens is 26. The molecule has 3 saturated heterocycles. The Hall–Kier alpha value is -11.3. The van der Waals surface area contributed by atoms with Crippen LogP contribution in [0.1, 0.15) is 211 Å². The van der Waals surface area contributed by atoms with Gasteiger partial charge in [-0.2, -0.15) is 5.10 Å². The van der Waals surface area contributed by atoms with Crippen LogP contribution in [0.3, 0.4) is 0 Å². The van der Waals surface area contributed by atoms with Crippen LogP contribution < -0.4 is 48.2 Å². The highest BCUT2D eigenvalue weighted by molar-refractivity contribution is 7.70. The van der Waals surface area contributed by atoms with E-state index < -0.39 is 7.14 Å². The smallest absolute Gasteiger partial charge is 0.343 e. The standard InChI is InChI=1S/C14H21N4OP.C12H21N5O.C12H15N5O.C11H21N5.C10H17N5O.C9H16N4O.C9H12N4S.C6H11N3O/c1-14(2,3)18-10-15-17-13(18)16-11-6-8-12(9-7-11)20(4,5)19;1-12(2,3)17-8-14-16-11(17)15-10(18)9-4-6-13-7-5-9;1-12(2,3)17-8-14-16-10(17)11(18)15-9-6-4-5-7-13-9;1-11(2,3)16-9-13-14-10(16)8-15-6-4-12-5-7-15;1-8(2)15-7-12-13-9(15)10(16)14-5-3-11-4-6-14;1-9(2,3)13-6-11-12-7(13)5-8(14)10-4;1-9(2,3)13-6-11-12-7(13)8-10-4-5-14-8;1-6(2,3)9-4-7-8-5(9)10/h6-10H,1-5H3,(H,16,17);8-9,13H,4-7H2,1-3H3,(H,15,16,18);4-8H,1-3H3,(H,13,15,18);9,12H,4-8H2,1-3H3;7-8,11H,3-6H2,1-2H3;6H,5H2,1-4H3,(H,10,14);4-6H,1-3H3;4H,1-3H3,(H,8,10). The molecule has 43 heteroatoms. The minimum atomic E-state index is -2.21. The molecule has 688 valence electrons. The predicted octanol–water partition coefficient (Wildman–Crippen LogP) is 8.82. The number of nitrogens with zero attached hydrogens (tertiary/aromatic N) is 27. The molecule has 4 amide bonds. The van der Waals surface area contributed by atoms with E-state index >= 15 is 0 Å². The second kappa shape index (κ2) is 45.2. The van der Waals surface area contributed by atoms with Crippen LogP contribution in [0.4, 0.5) is 23.4 Å². The normalized spacial score (nSPS) is 14.2. The first-order chi connectivity index (χ1) is 59.0. The van der Waals surface area contributed by atoms with Crippen LogP contribution in [0.25, 0.3) is 10.8 Å². The molecule has 13 heterocycles. The molecule has 10 aromatic heterocycles. The quantitative estimate of drug-likeness (QED) is 0.0471. The molecule has 0 spiro atoms. The van der Waals surface area contributed by atoms with Gasteiger partial charge in [-0.25, -0.2) is 19.9 Å². The molecule has 126 heavy (non-hydrogen) atoms. The van der Waals surface area contributed by atoms with Gasteiger partial charge in [0, 0.05) is 139 Å². The second-order valence-electron chi connectivity index (χ2n) is 37.7. The van der Waals surface area contributed by atoms with Crippen molar-refractivity contribution < 1.29 is 23.7 Å². The lowest BCUT2D eigenvalue weighted by Crippen LogP contribution is -2.47. The number of piperazine rings is 2. The number of pyridine rings is 1. The van der Waals surface area contributed by atoms with Crippen molar-refractivity contribution in [1.82, 2.24) is 159 Å². The summed E-state index contributed by atoms with van der Waals surface area (Å²) in [5, 5.41) is 86.1. The number of hydrogen-bond donors (Lipinski definition) is 8. The zero-order chi connectivity index (χ0) is 93.2. The van der Waals surface area contributed by atoms with Gasteiger partial charge in [0.15, 0.2) is 10.8 Å². The van der Waals surface area contributed by atoms with Gasteiger partial charge in [0.25, 0.3) is 11.8 Å². The summed E-state index contributed by atoms with van der Waals surface area (Å²) in [4.78, 5) is 70.9. The molecule has 8 N–H and O–H groups in total. The van der Waals surface area contributed by atoms with Gasteiger partial charge in [0.05, 0.1) is 13.0 Å². The third-order valence-electron chi connectivity index (χ3n) is 19.4. The van der Waals surface area contributed by atoms with E-state index in [4.69, 9.17) is 0 Å². The highest BCUT2D eigenvalue weighted by Crippen LogP contribution is 2.35. The number of carbonyl (C=O) groups is 4. The van der Waals surface area contributed by atoms with Crippen LogP contribution in [0.5, 0.6) is 0 Å². The molecule has 14 rings (SSSR count). The van der Waals surface area contributed by atoms with E-state index in [1.807, 2.05) is 140 Å². The largest absolute Gasteiger partial charge is 0.359 e. The average molecular weight is 1780 g/mol. The summed E-state index contributed by atoms with van der Waals surface area (Å²) in [6.45, 7) is 61.0. The number of thiazole rings is 1. The maximum Gasteiger partial charge on any atom is 0.343 e. The topological polar surface area (TPSA) is 467 Å². The number of anilines is 4. The first-order valence-corrected chi connectivity index (χ1v) is 45.6. The van der Waals surface area contributed by atoms with Gasteiger partial charge in [-0.1, -0.05) is 6.07 Å². The number of likely N-dealkylation sites (N-methyl/N-ethyl adjacent to an activating group) is 1. The van der Waals surface area contributed by atoms with Crippen molar-refractivity contribution >= 4 is 70.8 Å². The Morgan fingerprint density at radius 2 is 0.992 bits per heavy atom. The molecule has 3 aliphatic heterocycles. The number of nitrogens with one attached hydrogen (secondary N) is 8. The minimum absolute atomic E-state index is 0.00942. The van der Waals surface area contributed by atoms with Crippen molar-refractivity contribution in [2.45, 2.75) is 230 Å². The Balaban J connectivity index is 0.000000199. The van der Waals surface area contributed by atoms with Crippen molar-refractivity contribution in [3.05, 3.63) is 145 Å². The highest BCUT2D eigenvalue weighted by Gasteiger charge is 2.30. The van der Waals surface area contributed by atoms with E-state index in [0.717, 1.165) is 112 Å². The molecule has 11 aromatic rings. The van der Waals surface area contributed by atoms with Crippen LogP contribution in [-0.2, 0) is 65.9 Å². The van der Waals surface area contributed by atoms with Gasteiger partial charge in [-0.3, -0.25) is 43.1 Å². The second-order valence-corrected chi connectivity index (χ2v) is 41.8. The van der Waals surface area contributed by atoms with Gasteiger partial charge in [0.2, 0.25) is 35.4 Å². The Kier molecular flexibility index (Phi) is 36.5. The summed E-state index contributed by atoms with van der Waals surface area (Å²) in [7, 11) is -0.594. The van der Waals surface area contributed by atoms with Gasteiger partial charge in [-0.05, 0) is 235 Å². The predicted molar refractivity (Wildman–Crippen MR) is 489 cm³/mol. The molecular weight excluding hydrogens is 1650 g/mol. The number of piperidine rings is 1.